The largest absolute Gasteiger partial charge is 0.348 e. The lowest BCUT2D eigenvalue weighted by molar-refractivity contribution is -0.132. The number of rotatable bonds is 5. The lowest BCUT2D eigenvalue weighted by Gasteiger charge is -2.32. The molecule has 0 saturated carbocycles. The number of nitrogens with zero attached hydrogens (tertiary/aromatic N) is 2. The molecular formula is C18H20FN3O2. The van der Waals surface area contributed by atoms with E-state index in [0.717, 1.165) is 25.2 Å². The van der Waals surface area contributed by atoms with Crippen molar-refractivity contribution in [2.75, 3.05) is 13.1 Å². The predicted molar refractivity (Wildman–Crippen MR) is 87.1 cm³/mol. The highest BCUT2D eigenvalue weighted by Crippen LogP contribution is 2.24. The van der Waals surface area contributed by atoms with Gasteiger partial charge in [0.15, 0.2) is 5.78 Å². The molecule has 0 radical (unpaired) electrons. The summed E-state index contributed by atoms with van der Waals surface area (Å²) in [6.07, 6.45) is 5.78. The highest BCUT2D eigenvalue weighted by atomic mass is 19.1. The summed E-state index contributed by atoms with van der Waals surface area (Å²) < 4.78 is 12.9. The number of likely N-dealkylation sites (tertiary alicyclic amines) is 1. The predicted octanol–water partition coefficient (Wildman–Crippen LogP) is 2.92. The number of H-pyrrole nitrogens is 1. The van der Waals surface area contributed by atoms with Crippen molar-refractivity contribution in [2.24, 2.45) is 0 Å². The SMILES string of the molecule is O=C(CCC(=O)N1CCCC(c2ncc[nH]2)C1)c1ccc(F)cc1. The van der Waals surface area contributed by atoms with Crippen LogP contribution in [0.1, 0.15) is 47.8 Å². The number of hydrogen-bond acceptors (Lipinski definition) is 3. The average Bonchev–Trinajstić information content (AvgIpc) is 3.15. The van der Waals surface area contributed by atoms with Crippen molar-refractivity contribution < 1.29 is 14.0 Å². The molecule has 1 aliphatic heterocycles. The zero-order valence-corrected chi connectivity index (χ0v) is 13.4. The molecule has 0 aliphatic carbocycles. The van der Waals surface area contributed by atoms with E-state index in [1.54, 1.807) is 12.4 Å². The van der Waals surface area contributed by atoms with E-state index >= 15 is 0 Å². The van der Waals surface area contributed by atoms with E-state index in [4.69, 9.17) is 0 Å². The van der Waals surface area contributed by atoms with Gasteiger partial charge in [-0.3, -0.25) is 9.59 Å². The topological polar surface area (TPSA) is 66.1 Å². The smallest absolute Gasteiger partial charge is 0.223 e. The van der Waals surface area contributed by atoms with Crippen molar-refractivity contribution in [1.29, 1.82) is 0 Å². The Morgan fingerprint density at radius 3 is 2.75 bits per heavy atom. The van der Waals surface area contributed by atoms with E-state index in [1.165, 1.54) is 24.3 Å². The van der Waals surface area contributed by atoms with Crippen LogP contribution in [0.15, 0.2) is 36.7 Å². The van der Waals surface area contributed by atoms with Gasteiger partial charge in [0.2, 0.25) is 5.91 Å². The second-order valence-electron chi connectivity index (χ2n) is 6.08. The van der Waals surface area contributed by atoms with Crippen LogP contribution in [0.25, 0.3) is 0 Å². The number of Topliss-reactive ketones (excluding diaryl/α,β-unsaturated/α-hetero) is 1. The summed E-state index contributed by atoms with van der Waals surface area (Å²) >= 11 is 0. The average molecular weight is 329 g/mol. The molecule has 1 amide bonds. The third-order valence-electron chi connectivity index (χ3n) is 4.41. The molecule has 1 fully saturated rings. The molecule has 2 heterocycles. The summed E-state index contributed by atoms with van der Waals surface area (Å²) in [6, 6.07) is 5.42. The molecule has 6 heteroatoms. The second-order valence-corrected chi connectivity index (χ2v) is 6.08. The number of imidazole rings is 1. The van der Waals surface area contributed by atoms with E-state index < -0.39 is 0 Å². The lowest BCUT2D eigenvalue weighted by Crippen LogP contribution is -2.39. The van der Waals surface area contributed by atoms with Crippen molar-refractivity contribution >= 4 is 11.7 Å². The minimum Gasteiger partial charge on any atom is -0.348 e. The van der Waals surface area contributed by atoms with Crippen molar-refractivity contribution in [3.05, 3.63) is 53.9 Å². The Hall–Kier alpha value is -2.50. The van der Waals surface area contributed by atoms with Crippen molar-refractivity contribution in [3.63, 3.8) is 0 Å². The van der Waals surface area contributed by atoms with E-state index in [1.807, 2.05) is 4.90 Å². The molecule has 1 aromatic heterocycles. The van der Waals surface area contributed by atoms with Crippen LogP contribution in [0.3, 0.4) is 0 Å². The van der Waals surface area contributed by atoms with Crippen molar-refractivity contribution in [2.45, 2.75) is 31.6 Å². The van der Waals surface area contributed by atoms with Gasteiger partial charge in [0.1, 0.15) is 11.6 Å². The highest BCUT2D eigenvalue weighted by Gasteiger charge is 2.26. The van der Waals surface area contributed by atoms with Gasteiger partial charge >= 0.3 is 0 Å². The van der Waals surface area contributed by atoms with Gasteiger partial charge in [-0.15, -0.1) is 0 Å². The van der Waals surface area contributed by atoms with Crippen molar-refractivity contribution in [3.8, 4) is 0 Å². The van der Waals surface area contributed by atoms with Gasteiger partial charge in [-0.2, -0.15) is 0 Å². The molecule has 1 unspecified atom stereocenters. The number of nitrogens with one attached hydrogen (secondary N) is 1. The lowest BCUT2D eigenvalue weighted by atomic mass is 9.96. The van der Waals surface area contributed by atoms with E-state index in [9.17, 15) is 14.0 Å². The maximum atomic E-state index is 12.9. The fourth-order valence-electron chi connectivity index (χ4n) is 3.09. The summed E-state index contributed by atoms with van der Waals surface area (Å²) in [5.41, 5.74) is 0.441. The maximum Gasteiger partial charge on any atom is 0.223 e. The summed E-state index contributed by atoms with van der Waals surface area (Å²) in [5, 5.41) is 0. The van der Waals surface area contributed by atoms with Crippen molar-refractivity contribution in [1.82, 2.24) is 14.9 Å². The molecule has 24 heavy (non-hydrogen) atoms. The quantitative estimate of drug-likeness (QED) is 0.858. The Kier molecular flexibility index (Phi) is 5.03. The van der Waals surface area contributed by atoms with E-state index in [0.29, 0.717) is 12.1 Å². The van der Waals surface area contributed by atoms with Gasteiger partial charge in [-0.25, -0.2) is 9.37 Å². The van der Waals surface area contributed by atoms with E-state index in [-0.39, 0.29) is 36.3 Å². The Labute approximate surface area is 139 Å². The van der Waals surface area contributed by atoms with Gasteiger partial charge < -0.3 is 9.88 Å². The molecule has 3 rings (SSSR count). The Bertz CT molecular complexity index is 698. The standard InChI is InChI=1S/C18H20FN3O2/c19-15-5-3-13(4-6-15)16(23)7-8-17(24)22-11-1-2-14(12-22)18-20-9-10-21-18/h3-6,9-10,14H,1-2,7-8,11-12H2,(H,20,21). The Morgan fingerprint density at radius 2 is 2.04 bits per heavy atom. The van der Waals surface area contributed by atoms with Gasteiger partial charge in [-0.1, -0.05) is 0 Å². The molecule has 2 aromatic rings. The minimum absolute atomic E-state index is 0.0123. The van der Waals surface area contributed by atoms with Gasteiger partial charge in [0.25, 0.3) is 0 Å². The number of carbonyl (C=O) groups excluding carboxylic acids is 2. The van der Waals surface area contributed by atoms with Gasteiger partial charge in [-0.05, 0) is 37.1 Å². The molecule has 1 aromatic carbocycles. The zero-order valence-electron chi connectivity index (χ0n) is 13.4. The summed E-state index contributed by atoms with van der Waals surface area (Å²) in [4.78, 5) is 33.7. The monoisotopic (exact) mass is 329 g/mol. The number of ketones is 1. The fourth-order valence-corrected chi connectivity index (χ4v) is 3.09. The first kappa shape index (κ1) is 16.4. The third-order valence-corrected chi connectivity index (χ3v) is 4.41. The highest BCUT2D eigenvalue weighted by molar-refractivity contribution is 5.97. The minimum atomic E-state index is -0.375. The Morgan fingerprint density at radius 1 is 1.25 bits per heavy atom. The normalized spacial score (nSPS) is 17.7. The first-order valence-electron chi connectivity index (χ1n) is 8.19. The van der Waals surface area contributed by atoms with Crippen LogP contribution >= 0.6 is 0 Å². The summed E-state index contributed by atoms with van der Waals surface area (Å²) in [7, 11) is 0. The molecule has 126 valence electrons. The summed E-state index contributed by atoms with van der Waals surface area (Å²) in [6.45, 7) is 1.36. The van der Waals surface area contributed by atoms with E-state index in [2.05, 4.69) is 9.97 Å². The maximum absolute atomic E-state index is 12.9. The molecule has 1 saturated heterocycles. The van der Waals surface area contributed by atoms with Crippen LogP contribution in [-0.4, -0.2) is 39.6 Å². The molecule has 0 spiro atoms. The number of aromatic nitrogens is 2. The molecule has 1 atom stereocenters. The molecule has 1 N–H and O–H groups in total. The number of hydrogen-bond donors (Lipinski definition) is 1. The van der Waals surface area contributed by atoms with Crippen LogP contribution in [0.2, 0.25) is 0 Å². The van der Waals surface area contributed by atoms with Crippen LogP contribution in [0.5, 0.6) is 0 Å². The number of halogens is 1. The molecule has 5 nitrogen and oxygen atoms in total. The van der Waals surface area contributed by atoms with Crippen LogP contribution in [0, 0.1) is 5.82 Å². The Balaban J connectivity index is 1.53. The molecule has 1 aliphatic rings. The molecular weight excluding hydrogens is 309 g/mol. The first-order chi connectivity index (χ1) is 11.6. The molecule has 0 bridgehead atoms. The van der Waals surface area contributed by atoms with Gasteiger partial charge in [0.05, 0.1) is 0 Å². The van der Waals surface area contributed by atoms with Gasteiger partial charge in [0, 0.05) is 49.8 Å². The van der Waals surface area contributed by atoms with Crippen LogP contribution < -0.4 is 0 Å². The first-order valence-corrected chi connectivity index (χ1v) is 8.19. The zero-order chi connectivity index (χ0) is 16.9. The number of amides is 1. The summed E-state index contributed by atoms with van der Waals surface area (Å²) in [5.74, 6) is 0.616. The van der Waals surface area contributed by atoms with Crippen LogP contribution in [-0.2, 0) is 4.79 Å². The third kappa shape index (κ3) is 3.88. The number of aromatic amines is 1. The fraction of sp³-hybridized carbons (Fsp3) is 0.389. The second kappa shape index (κ2) is 7.38. The number of carbonyl (C=O) groups is 2. The number of benzene rings is 1. The number of piperidine rings is 1. The van der Waals surface area contributed by atoms with Crippen LogP contribution in [0.4, 0.5) is 4.39 Å².